The number of hydrogen-bond acceptors (Lipinski definition) is 4. The Balaban J connectivity index is 2.12. The van der Waals surface area contributed by atoms with Crippen LogP contribution in [0, 0.1) is 11.3 Å². The maximum atomic E-state index is 12.4. The third kappa shape index (κ3) is 3.57. The second kappa shape index (κ2) is 5.92. The Morgan fingerprint density at radius 3 is 2.30 bits per heavy atom. The molecule has 0 aliphatic carbocycles. The van der Waals surface area contributed by atoms with Crippen LogP contribution in [-0.2, 0) is 20.5 Å². The highest BCUT2D eigenvalue weighted by atomic mass is 32.2. The number of ether oxygens (including phenoxy) is 1. The quantitative estimate of drug-likeness (QED) is 0.847. The number of rotatable bonds is 3. The minimum atomic E-state index is -3.35. The van der Waals surface area contributed by atoms with E-state index in [1.54, 1.807) is 24.3 Å². The van der Waals surface area contributed by atoms with Crippen LogP contribution in [0.5, 0.6) is 0 Å². The highest BCUT2D eigenvalue weighted by molar-refractivity contribution is 7.88. The summed E-state index contributed by atoms with van der Waals surface area (Å²) in [7, 11) is -3.35. The highest BCUT2D eigenvalue weighted by Gasteiger charge is 2.30. The van der Waals surface area contributed by atoms with Gasteiger partial charge in [0.2, 0.25) is 10.0 Å². The lowest BCUT2D eigenvalue weighted by molar-refractivity contribution is -0.0441. The number of benzene rings is 1. The predicted octanol–water partition coefficient (Wildman–Crippen LogP) is 1.50. The summed E-state index contributed by atoms with van der Waals surface area (Å²) in [6.07, 6.45) is -0.177. The van der Waals surface area contributed by atoms with Crippen molar-refractivity contribution in [3.05, 3.63) is 35.4 Å². The summed E-state index contributed by atoms with van der Waals surface area (Å²) >= 11 is 0. The fraction of sp³-hybridized carbons (Fsp3) is 0.500. The minimum Gasteiger partial charge on any atom is -0.373 e. The largest absolute Gasteiger partial charge is 0.373 e. The van der Waals surface area contributed by atoms with Gasteiger partial charge in [-0.1, -0.05) is 12.1 Å². The molecule has 1 fully saturated rings. The number of hydrogen-bond donors (Lipinski definition) is 0. The van der Waals surface area contributed by atoms with Gasteiger partial charge >= 0.3 is 0 Å². The molecule has 0 spiro atoms. The lowest BCUT2D eigenvalue weighted by Crippen LogP contribution is -2.48. The molecule has 0 radical (unpaired) electrons. The monoisotopic (exact) mass is 294 g/mol. The Labute approximate surface area is 119 Å². The van der Waals surface area contributed by atoms with E-state index >= 15 is 0 Å². The molecule has 0 bridgehead atoms. The summed E-state index contributed by atoms with van der Waals surface area (Å²) in [4.78, 5) is 0. The van der Waals surface area contributed by atoms with Crippen LogP contribution in [0.1, 0.15) is 25.0 Å². The lowest BCUT2D eigenvalue weighted by atomic mass is 10.2. The standard InChI is InChI=1S/C14H18N2O3S/c1-11-8-16(9-12(2)19-11)20(17,18)10-14-5-3-13(7-15)4-6-14/h3-6,11-12H,8-10H2,1-2H3/t11-,12-/m0/s1. The highest BCUT2D eigenvalue weighted by Crippen LogP contribution is 2.18. The molecule has 2 rings (SSSR count). The number of nitriles is 1. The average Bonchev–Trinajstić information content (AvgIpc) is 2.38. The first kappa shape index (κ1) is 15.0. The fourth-order valence-corrected chi connectivity index (χ4v) is 4.01. The maximum absolute atomic E-state index is 12.4. The normalized spacial score (nSPS) is 24.2. The molecule has 20 heavy (non-hydrogen) atoms. The molecule has 0 N–H and O–H groups in total. The van der Waals surface area contributed by atoms with Crippen molar-refractivity contribution in [1.82, 2.24) is 4.31 Å². The topological polar surface area (TPSA) is 70.4 Å². The Bertz CT molecular complexity index is 594. The van der Waals surface area contributed by atoms with Gasteiger partial charge in [0.15, 0.2) is 0 Å². The van der Waals surface area contributed by atoms with Crippen LogP contribution < -0.4 is 0 Å². The van der Waals surface area contributed by atoms with Crippen molar-refractivity contribution in [2.75, 3.05) is 13.1 Å². The molecule has 1 heterocycles. The van der Waals surface area contributed by atoms with Crippen molar-refractivity contribution in [3.8, 4) is 6.07 Å². The molecule has 108 valence electrons. The molecule has 1 saturated heterocycles. The molecule has 1 aliphatic rings. The maximum Gasteiger partial charge on any atom is 0.218 e. The first-order valence-corrected chi connectivity index (χ1v) is 8.14. The Hall–Kier alpha value is -1.42. The van der Waals surface area contributed by atoms with Gasteiger partial charge in [-0.25, -0.2) is 8.42 Å². The number of sulfonamides is 1. The van der Waals surface area contributed by atoms with Gasteiger partial charge in [0.1, 0.15) is 0 Å². The molecule has 1 aliphatic heterocycles. The molecular formula is C14H18N2O3S. The van der Waals surface area contributed by atoms with Crippen molar-refractivity contribution >= 4 is 10.0 Å². The first-order valence-electron chi connectivity index (χ1n) is 6.53. The summed E-state index contributed by atoms with van der Waals surface area (Å²) in [6.45, 7) is 4.53. The molecule has 0 unspecified atom stereocenters. The van der Waals surface area contributed by atoms with Crippen LogP contribution in [0.4, 0.5) is 0 Å². The van der Waals surface area contributed by atoms with Gasteiger partial charge in [-0.3, -0.25) is 0 Å². The van der Waals surface area contributed by atoms with Crippen molar-refractivity contribution in [1.29, 1.82) is 5.26 Å². The fourth-order valence-electron chi connectivity index (χ4n) is 2.34. The summed E-state index contributed by atoms with van der Waals surface area (Å²) in [6, 6.07) is 8.65. The van der Waals surface area contributed by atoms with Crippen molar-refractivity contribution in [2.45, 2.75) is 31.8 Å². The molecule has 0 amide bonds. The molecule has 6 heteroatoms. The van der Waals surface area contributed by atoms with Gasteiger partial charge < -0.3 is 4.74 Å². The molecular weight excluding hydrogens is 276 g/mol. The van der Waals surface area contributed by atoms with Crippen molar-refractivity contribution in [3.63, 3.8) is 0 Å². The third-order valence-electron chi connectivity index (χ3n) is 3.21. The van der Waals surface area contributed by atoms with Crippen LogP contribution in [0.2, 0.25) is 0 Å². The van der Waals surface area contributed by atoms with E-state index in [2.05, 4.69) is 0 Å². The van der Waals surface area contributed by atoms with E-state index in [0.29, 0.717) is 24.2 Å². The molecule has 1 aromatic carbocycles. The van der Waals surface area contributed by atoms with Crippen LogP contribution in [0.25, 0.3) is 0 Å². The second-order valence-electron chi connectivity index (χ2n) is 5.14. The van der Waals surface area contributed by atoms with Gasteiger partial charge in [-0.2, -0.15) is 9.57 Å². The van der Waals surface area contributed by atoms with Crippen LogP contribution in [-0.4, -0.2) is 38.0 Å². The van der Waals surface area contributed by atoms with Gasteiger partial charge in [0, 0.05) is 13.1 Å². The molecule has 0 aromatic heterocycles. The van der Waals surface area contributed by atoms with Crippen LogP contribution >= 0.6 is 0 Å². The van der Waals surface area contributed by atoms with Gasteiger partial charge in [0.05, 0.1) is 29.6 Å². The second-order valence-corrected chi connectivity index (χ2v) is 7.11. The zero-order valence-corrected chi connectivity index (χ0v) is 12.4. The van der Waals surface area contributed by atoms with Crippen LogP contribution in [0.3, 0.4) is 0 Å². The van der Waals surface area contributed by atoms with E-state index in [4.69, 9.17) is 10.00 Å². The van der Waals surface area contributed by atoms with Gasteiger partial charge in [-0.05, 0) is 31.5 Å². The first-order chi connectivity index (χ1) is 9.40. The molecule has 2 atom stereocenters. The molecule has 0 saturated carbocycles. The lowest BCUT2D eigenvalue weighted by Gasteiger charge is -2.34. The zero-order chi connectivity index (χ0) is 14.8. The smallest absolute Gasteiger partial charge is 0.218 e. The number of nitrogens with zero attached hydrogens (tertiary/aromatic N) is 2. The third-order valence-corrected chi connectivity index (χ3v) is 4.99. The molecule has 5 nitrogen and oxygen atoms in total. The summed E-state index contributed by atoms with van der Waals surface area (Å²) in [5, 5.41) is 8.73. The van der Waals surface area contributed by atoms with Crippen molar-refractivity contribution < 1.29 is 13.2 Å². The Kier molecular flexibility index (Phi) is 4.43. The van der Waals surface area contributed by atoms with E-state index in [-0.39, 0.29) is 18.0 Å². The minimum absolute atomic E-state index is 0.0435. The average molecular weight is 294 g/mol. The van der Waals surface area contributed by atoms with Crippen LogP contribution in [0.15, 0.2) is 24.3 Å². The SMILES string of the molecule is C[C@H]1CN(S(=O)(=O)Cc2ccc(C#N)cc2)C[C@H](C)O1. The van der Waals surface area contributed by atoms with E-state index in [1.165, 1.54) is 4.31 Å². The summed E-state index contributed by atoms with van der Waals surface area (Å²) in [5.74, 6) is -0.0435. The summed E-state index contributed by atoms with van der Waals surface area (Å²) < 4.78 is 31.9. The Morgan fingerprint density at radius 2 is 1.80 bits per heavy atom. The summed E-state index contributed by atoms with van der Waals surface area (Å²) in [5.41, 5.74) is 1.22. The van der Waals surface area contributed by atoms with E-state index in [0.717, 1.165) is 0 Å². The van der Waals surface area contributed by atoms with E-state index in [9.17, 15) is 8.42 Å². The van der Waals surface area contributed by atoms with E-state index in [1.807, 2.05) is 19.9 Å². The number of morpholine rings is 1. The van der Waals surface area contributed by atoms with Crippen molar-refractivity contribution in [2.24, 2.45) is 0 Å². The Morgan fingerprint density at radius 1 is 1.25 bits per heavy atom. The van der Waals surface area contributed by atoms with E-state index < -0.39 is 10.0 Å². The predicted molar refractivity (Wildman–Crippen MR) is 75.4 cm³/mol. The zero-order valence-electron chi connectivity index (χ0n) is 11.6. The van der Waals surface area contributed by atoms with Gasteiger partial charge in [-0.15, -0.1) is 0 Å². The van der Waals surface area contributed by atoms with Gasteiger partial charge in [0.25, 0.3) is 0 Å². The molecule has 1 aromatic rings.